The van der Waals surface area contributed by atoms with Gasteiger partial charge in [-0.25, -0.2) is 0 Å². The summed E-state index contributed by atoms with van der Waals surface area (Å²) in [4.78, 5) is 4.58. The Balaban J connectivity index is 2.08. The molecule has 1 unspecified atom stereocenters. The van der Waals surface area contributed by atoms with Crippen molar-refractivity contribution in [2.45, 2.75) is 71.4 Å². The molecule has 0 amide bonds. The van der Waals surface area contributed by atoms with Crippen LogP contribution in [0.3, 0.4) is 0 Å². The zero-order valence-corrected chi connectivity index (χ0v) is 14.9. The van der Waals surface area contributed by atoms with E-state index in [1.54, 1.807) is 0 Å². The van der Waals surface area contributed by atoms with Crippen molar-refractivity contribution in [3.8, 4) is 0 Å². The topological polar surface area (TPSA) is 24.8 Å². The maximum absolute atomic E-state index is 6.05. The van der Waals surface area contributed by atoms with Gasteiger partial charge in [0.25, 0.3) is 8.48 Å². The minimum atomic E-state index is -1.55. The van der Waals surface area contributed by atoms with Gasteiger partial charge >= 0.3 is 0 Å². The van der Waals surface area contributed by atoms with Crippen LogP contribution in [0, 0.1) is 0 Å². The van der Waals surface area contributed by atoms with Crippen LogP contribution in [0.1, 0.15) is 58.8 Å². The zero-order valence-electron chi connectivity index (χ0n) is 13.9. The molecule has 20 heavy (non-hydrogen) atoms. The van der Waals surface area contributed by atoms with E-state index in [1.165, 1.54) is 51.1 Å². The van der Waals surface area contributed by atoms with Gasteiger partial charge in [-0.15, -0.1) is 0 Å². The first-order chi connectivity index (χ1) is 9.73. The summed E-state index contributed by atoms with van der Waals surface area (Å²) in [5.74, 6) is 0. The second-order valence-corrected chi connectivity index (χ2v) is 9.76. The van der Waals surface area contributed by atoms with Crippen molar-refractivity contribution in [1.82, 2.24) is 4.57 Å². The second kappa shape index (κ2) is 10.5. The molecular formula is C16H34N2OSi. The van der Waals surface area contributed by atoms with Crippen LogP contribution >= 0.6 is 0 Å². The van der Waals surface area contributed by atoms with E-state index in [4.69, 9.17) is 4.43 Å². The summed E-state index contributed by atoms with van der Waals surface area (Å²) in [7, 11) is -1.55. The maximum Gasteiger partial charge on any atom is 0.268 e. The zero-order chi connectivity index (χ0) is 14.7. The third-order valence-corrected chi connectivity index (χ3v) is 8.23. The molecule has 1 atom stereocenters. The summed E-state index contributed by atoms with van der Waals surface area (Å²) in [6, 6.07) is 1.29. The molecule has 1 heterocycles. The van der Waals surface area contributed by atoms with E-state index >= 15 is 0 Å². The first-order valence-electron chi connectivity index (χ1n) is 8.60. The van der Waals surface area contributed by atoms with E-state index in [9.17, 15) is 0 Å². The molecule has 0 aromatic carbocycles. The molecule has 0 bridgehead atoms. The molecule has 1 saturated heterocycles. The molecule has 0 aromatic heterocycles. The Morgan fingerprint density at radius 2 is 2.00 bits per heavy atom. The summed E-state index contributed by atoms with van der Waals surface area (Å²) >= 11 is 0. The van der Waals surface area contributed by atoms with E-state index in [0.29, 0.717) is 0 Å². The minimum absolute atomic E-state index is 0.861. The fourth-order valence-electron chi connectivity index (χ4n) is 3.02. The largest absolute Gasteiger partial charge is 0.403 e. The molecule has 118 valence electrons. The first-order valence-corrected chi connectivity index (χ1v) is 11.2. The average Bonchev–Trinajstić information content (AvgIpc) is 2.78. The quantitative estimate of drug-likeness (QED) is 0.324. The Labute approximate surface area is 127 Å². The van der Waals surface area contributed by atoms with Crippen molar-refractivity contribution in [2.75, 3.05) is 26.2 Å². The molecule has 1 fully saturated rings. The predicted octanol–water partition coefficient (Wildman–Crippen LogP) is 4.23. The number of unbranched alkanes of at least 4 members (excludes halogenated alkanes) is 5. The Kier molecular flexibility index (Phi) is 9.39. The van der Waals surface area contributed by atoms with E-state index < -0.39 is 8.48 Å². The molecular weight excluding hydrogens is 264 g/mol. The predicted molar refractivity (Wildman–Crippen MR) is 91.0 cm³/mol. The Bertz CT molecular complexity index is 273. The van der Waals surface area contributed by atoms with E-state index in [0.717, 1.165) is 26.1 Å². The van der Waals surface area contributed by atoms with Crippen molar-refractivity contribution >= 4 is 14.7 Å². The third-order valence-electron chi connectivity index (χ3n) is 4.26. The Morgan fingerprint density at radius 1 is 1.20 bits per heavy atom. The highest BCUT2D eigenvalue weighted by molar-refractivity contribution is 6.70. The summed E-state index contributed by atoms with van der Waals surface area (Å²) in [5, 5.41) is 0. The lowest BCUT2D eigenvalue weighted by molar-refractivity contribution is 0.272. The van der Waals surface area contributed by atoms with Crippen LogP contribution in [-0.2, 0) is 4.43 Å². The minimum Gasteiger partial charge on any atom is -0.403 e. The van der Waals surface area contributed by atoms with Crippen molar-refractivity contribution < 1.29 is 4.43 Å². The molecule has 3 nitrogen and oxygen atoms in total. The van der Waals surface area contributed by atoms with Crippen LogP contribution in [0.15, 0.2) is 4.99 Å². The molecule has 0 aliphatic carbocycles. The van der Waals surface area contributed by atoms with Gasteiger partial charge in [-0.1, -0.05) is 32.6 Å². The molecule has 0 aromatic rings. The molecule has 0 N–H and O–H groups in total. The van der Waals surface area contributed by atoms with Gasteiger partial charge in [0.1, 0.15) is 0 Å². The summed E-state index contributed by atoms with van der Waals surface area (Å²) in [6.45, 7) is 10.9. The van der Waals surface area contributed by atoms with E-state index in [-0.39, 0.29) is 0 Å². The standard InChI is InChI=1S/C16H34N2OSi/c1-4-6-7-8-9-10-12-17-13-15-18-14-11-16-20(18,3)19-5-2/h12H,4-11,13-16H2,1-3H3. The lowest BCUT2D eigenvalue weighted by Crippen LogP contribution is -2.49. The number of rotatable bonds is 11. The lowest BCUT2D eigenvalue weighted by atomic mass is 10.1. The first kappa shape index (κ1) is 17.9. The van der Waals surface area contributed by atoms with Gasteiger partial charge in [-0.3, -0.25) is 4.99 Å². The number of hydrogen-bond acceptors (Lipinski definition) is 3. The molecule has 0 spiro atoms. The van der Waals surface area contributed by atoms with Gasteiger partial charge in [0.2, 0.25) is 0 Å². The monoisotopic (exact) mass is 298 g/mol. The molecule has 4 heteroatoms. The van der Waals surface area contributed by atoms with Crippen LogP contribution in [-0.4, -0.2) is 45.5 Å². The second-order valence-electron chi connectivity index (χ2n) is 5.99. The van der Waals surface area contributed by atoms with Gasteiger partial charge in [0.15, 0.2) is 0 Å². The fourth-order valence-corrected chi connectivity index (χ4v) is 6.30. The molecule has 1 aliphatic heterocycles. The molecule has 0 radical (unpaired) electrons. The van der Waals surface area contributed by atoms with Gasteiger partial charge < -0.3 is 8.99 Å². The van der Waals surface area contributed by atoms with Crippen molar-refractivity contribution in [2.24, 2.45) is 4.99 Å². The van der Waals surface area contributed by atoms with Crippen LogP contribution in [0.25, 0.3) is 0 Å². The highest BCUT2D eigenvalue weighted by atomic mass is 28.4. The number of aliphatic imine (C=N–C) groups is 1. The van der Waals surface area contributed by atoms with Crippen LogP contribution < -0.4 is 0 Å². The maximum atomic E-state index is 6.05. The van der Waals surface area contributed by atoms with E-state index in [1.807, 2.05) is 0 Å². The molecule has 1 rings (SSSR count). The summed E-state index contributed by atoms with van der Waals surface area (Å²) in [5.41, 5.74) is 0. The third kappa shape index (κ3) is 6.51. The highest BCUT2D eigenvalue weighted by Crippen LogP contribution is 2.26. The summed E-state index contributed by atoms with van der Waals surface area (Å²) < 4.78 is 8.64. The van der Waals surface area contributed by atoms with Gasteiger partial charge in [-0.05, 0) is 51.5 Å². The fraction of sp³-hybridized carbons (Fsp3) is 0.938. The van der Waals surface area contributed by atoms with E-state index in [2.05, 4.69) is 36.2 Å². The molecule has 0 saturated carbocycles. The van der Waals surface area contributed by atoms with Crippen molar-refractivity contribution in [3.63, 3.8) is 0 Å². The Morgan fingerprint density at radius 3 is 2.75 bits per heavy atom. The summed E-state index contributed by atoms with van der Waals surface area (Å²) in [6.07, 6.45) is 11.4. The normalized spacial score (nSPS) is 23.9. The smallest absolute Gasteiger partial charge is 0.268 e. The van der Waals surface area contributed by atoms with Gasteiger partial charge in [-0.2, -0.15) is 0 Å². The molecule has 1 aliphatic rings. The lowest BCUT2D eigenvalue weighted by Gasteiger charge is -2.31. The van der Waals surface area contributed by atoms with Gasteiger partial charge in [0.05, 0.1) is 6.54 Å². The highest BCUT2D eigenvalue weighted by Gasteiger charge is 2.40. The number of hydrogen-bond donors (Lipinski definition) is 0. The van der Waals surface area contributed by atoms with Crippen molar-refractivity contribution in [1.29, 1.82) is 0 Å². The van der Waals surface area contributed by atoms with Crippen molar-refractivity contribution in [3.05, 3.63) is 0 Å². The average molecular weight is 299 g/mol. The van der Waals surface area contributed by atoms with Crippen LogP contribution in [0.2, 0.25) is 12.6 Å². The van der Waals surface area contributed by atoms with Gasteiger partial charge in [0, 0.05) is 13.2 Å². The van der Waals surface area contributed by atoms with Crippen LogP contribution in [0.4, 0.5) is 0 Å². The number of nitrogens with zero attached hydrogens (tertiary/aromatic N) is 2. The SMILES string of the molecule is CCCCCCCC=NCCN1CCC[Si]1(C)OCC. The van der Waals surface area contributed by atoms with Crippen LogP contribution in [0.5, 0.6) is 0 Å². The Hall–Kier alpha value is -0.193.